The molecule has 1 atom stereocenters. The smallest absolute Gasteiger partial charge is 0.288 e. The zero-order valence-electron chi connectivity index (χ0n) is 11.9. The number of nitrogens with two attached hydrogens (primary N) is 1. The van der Waals surface area contributed by atoms with Crippen molar-refractivity contribution in [1.29, 1.82) is 0 Å². The summed E-state index contributed by atoms with van der Waals surface area (Å²) in [6.45, 7) is 4.27. The molecule has 1 amide bonds. The van der Waals surface area contributed by atoms with E-state index >= 15 is 0 Å². The van der Waals surface area contributed by atoms with Gasteiger partial charge in [-0.25, -0.2) is 4.98 Å². The van der Waals surface area contributed by atoms with E-state index in [0.29, 0.717) is 24.9 Å². The van der Waals surface area contributed by atoms with Crippen molar-refractivity contribution < 1.29 is 9.72 Å². The molecule has 1 aliphatic rings. The van der Waals surface area contributed by atoms with Crippen molar-refractivity contribution in [1.82, 2.24) is 10.3 Å². The summed E-state index contributed by atoms with van der Waals surface area (Å²) >= 11 is 0. The van der Waals surface area contributed by atoms with Gasteiger partial charge in [-0.15, -0.1) is 0 Å². The first-order chi connectivity index (χ1) is 10.0. The third kappa shape index (κ3) is 3.46. The molecule has 2 heterocycles. The number of nitro groups is 1. The number of likely N-dealkylation sites (N-methyl/N-ethyl adjacent to an activating group) is 1. The van der Waals surface area contributed by atoms with Crippen LogP contribution in [0.3, 0.4) is 0 Å². The molecule has 1 fully saturated rings. The maximum atomic E-state index is 11.6. The molecule has 0 saturated carbocycles. The average Bonchev–Trinajstić information content (AvgIpc) is 2.97. The molecule has 0 spiro atoms. The molecule has 1 aromatic rings. The molecule has 0 aliphatic carbocycles. The van der Waals surface area contributed by atoms with Crippen molar-refractivity contribution in [3.05, 3.63) is 27.9 Å². The number of hydrogen-bond donors (Lipinski definition) is 2. The lowest BCUT2D eigenvalue weighted by Gasteiger charge is -2.26. The fourth-order valence-corrected chi connectivity index (χ4v) is 2.52. The van der Waals surface area contributed by atoms with Crippen LogP contribution in [0.2, 0.25) is 0 Å². The summed E-state index contributed by atoms with van der Waals surface area (Å²) in [5, 5.41) is 14.2. The van der Waals surface area contributed by atoms with E-state index in [-0.39, 0.29) is 11.3 Å². The molecule has 2 rings (SSSR count). The van der Waals surface area contributed by atoms with E-state index in [1.807, 2.05) is 11.8 Å². The zero-order chi connectivity index (χ0) is 15.4. The number of amides is 1. The highest BCUT2D eigenvalue weighted by Gasteiger charge is 2.23. The normalized spacial score (nSPS) is 17.7. The lowest BCUT2D eigenvalue weighted by molar-refractivity contribution is -0.385. The van der Waals surface area contributed by atoms with Gasteiger partial charge in [0, 0.05) is 25.2 Å². The molecule has 1 unspecified atom stereocenters. The number of primary amides is 1. The Bertz CT molecular complexity index is 543. The Morgan fingerprint density at radius 1 is 1.67 bits per heavy atom. The van der Waals surface area contributed by atoms with Crippen LogP contribution in [-0.2, 0) is 0 Å². The summed E-state index contributed by atoms with van der Waals surface area (Å²) in [5.74, 6) is -0.302. The van der Waals surface area contributed by atoms with E-state index in [1.165, 1.54) is 6.07 Å². The van der Waals surface area contributed by atoms with Crippen LogP contribution in [0.5, 0.6) is 0 Å². The van der Waals surface area contributed by atoms with Gasteiger partial charge in [0.15, 0.2) is 0 Å². The highest BCUT2D eigenvalue weighted by molar-refractivity contribution is 5.98. The van der Waals surface area contributed by atoms with Gasteiger partial charge < -0.3 is 16.0 Å². The molecule has 21 heavy (non-hydrogen) atoms. The van der Waals surface area contributed by atoms with Gasteiger partial charge in [-0.3, -0.25) is 14.9 Å². The minimum atomic E-state index is -0.709. The lowest BCUT2D eigenvalue weighted by atomic mass is 10.1. The van der Waals surface area contributed by atoms with E-state index in [2.05, 4.69) is 10.3 Å². The van der Waals surface area contributed by atoms with Crippen molar-refractivity contribution in [2.24, 2.45) is 5.73 Å². The molecular formula is C13H19N5O3. The number of anilines is 1. The molecule has 0 bridgehead atoms. The summed E-state index contributed by atoms with van der Waals surface area (Å²) in [5.41, 5.74) is 5.19. The van der Waals surface area contributed by atoms with Gasteiger partial charge in [-0.2, -0.15) is 0 Å². The number of rotatable bonds is 6. The molecule has 8 heteroatoms. The van der Waals surface area contributed by atoms with Crippen molar-refractivity contribution in [2.75, 3.05) is 24.5 Å². The Kier molecular flexibility index (Phi) is 4.69. The van der Waals surface area contributed by atoms with Crippen molar-refractivity contribution in [2.45, 2.75) is 25.8 Å². The number of nitrogens with one attached hydrogen (secondary N) is 1. The summed E-state index contributed by atoms with van der Waals surface area (Å²) in [6.07, 6.45) is 3.35. The molecule has 1 aromatic heterocycles. The first-order valence-electron chi connectivity index (χ1n) is 6.95. The minimum absolute atomic E-state index is 0.0871. The summed E-state index contributed by atoms with van der Waals surface area (Å²) < 4.78 is 0. The topological polar surface area (TPSA) is 114 Å². The lowest BCUT2D eigenvalue weighted by Crippen LogP contribution is -2.39. The predicted molar refractivity (Wildman–Crippen MR) is 78.3 cm³/mol. The second-order valence-electron chi connectivity index (χ2n) is 5.02. The van der Waals surface area contributed by atoms with E-state index < -0.39 is 10.8 Å². The van der Waals surface area contributed by atoms with Gasteiger partial charge in [-0.1, -0.05) is 0 Å². The van der Waals surface area contributed by atoms with Crippen molar-refractivity contribution >= 4 is 17.4 Å². The second-order valence-corrected chi connectivity index (χ2v) is 5.02. The molecule has 0 aromatic carbocycles. The fraction of sp³-hybridized carbons (Fsp3) is 0.538. The monoisotopic (exact) mass is 293 g/mol. The summed E-state index contributed by atoms with van der Waals surface area (Å²) in [6, 6.07) is 1.53. The standard InChI is InChI=1S/C13H19N5O3/c1-2-17(8-9-4-3-5-15-9)13-11(12(14)19)6-10(7-16-13)18(20)21/h6-7,9,15H,2-5,8H2,1H3,(H2,14,19). The summed E-state index contributed by atoms with van der Waals surface area (Å²) in [7, 11) is 0. The van der Waals surface area contributed by atoms with Crippen LogP contribution in [0, 0.1) is 10.1 Å². The third-order valence-corrected chi connectivity index (χ3v) is 3.61. The largest absolute Gasteiger partial charge is 0.365 e. The highest BCUT2D eigenvalue weighted by atomic mass is 16.6. The first kappa shape index (κ1) is 15.2. The third-order valence-electron chi connectivity index (χ3n) is 3.61. The molecule has 0 radical (unpaired) electrons. The van der Waals surface area contributed by atoms with E-state index in [4.69, 9.17) is 5.73 Å². The maximum absolute atomic E-state index is 11.6. The molecule has 114 valence electrons. The Hall–Kier alpha value is -2.22. The quantitative estimate of drug-likeness (QED) is 0.588. The minimum Gasteiger partial charge on any atom is -0.365 e. The first-order valence-corrected chi connectivity index (χ1v) is 6.95. The Morgan fingerprint density at radius 2 is 2.43 bits per heavy atom. The number of hydrogen-bond acceptors (Lipinski definition) is 6. The Balaban J connectivity index is 2.30. The van der Waals surface area contributed by atoms with Crippen molar-refractivity contribution in [3.8, 4) is 0 Å². The van der Waals surface area contributed by atoms with E-state index in [0.717, 1.165) is 25.6 Å². The predicted octanol–water partition coefficient (Wildman–Crippen LogP) is 0.667. The molecule has 1 saturated heterocycles. The van der Waals surface area contributed by atoms with Crippen molar-refractivity contribution in [3.63, 3.8) is 0 Å². The average molecular weight is 293 g/mol. The SMILES string of the molecule is CCN(CC1CCCN1)c1ncc([N+](=O)[O-])cc1C(N)=O. The number of carbonyl (C=O) groups is 1. The Labute approximate surface area is 122 Å². The molecule has 1 aliphatic heterocycles. The number of aromatic nitrogens is 1. The van der Waals surface area contributed by atoms with E-state index in [9.17, 15) is 14.9 Å². The number of carbonyl (C=O) groups excluding carboxylic acids is 1. The van der Waals surface area contributed by atoms with E-state index in [1.54, 1.807) is 0 Å². The van der Waals surface area contributed by atoms with Gasteiger partial charge in [-0.05, 0) is 26.3 Å². The molecule has 3 N–H and O–H groups in total. The van der Waals surface area contributed by atoms with Crippen LogP contribution in [-0.4, -0.2) is 41.5 Å². The van der Waals surface area contributed by atoms with Gasteiger partial charge in [0.25, 0.3) is 11.6 Å². The number of nitrogens with zero attached hydrogens (tertiary/aromatic N) is 3. The van der Waals surface area contributed by atoms with Crippen LogP contribution in [0.15, 0.2) is 12.3 Å². The summed E-state index contributed by atoms with van der Waals surface area (Å²) in [4.78, 5) is 27.8. The molecular weight excluding hydrogens is 274 g/mol. The fourth-order valence-electron chi connectivity index (χ4n) is 2.52. The zero-order valence-corrected chi connectivity index (χ0v) is 11.9. The van der Waals surface area contributed by atoms with Crippen LogP contribution >= 0.6 is 0 Å². The van der Waals surface area contributed by atoms with Gasteiger partial charge >= 0.3 is 0 Å². The second kappa shape index (κ2) is 6.49. The van der Waals surface area contributed by atoms with Crippen LogP contribution in [0.4, 0.5) is 11.5 Å². The van der Waals surface area contributed by atoms with Gasteiger partial charge in [0.1, 0.15) is 12.0 Å². The highest BCUT2D eigenvalue weighted by Crippen LogP contribution is 2.23. The van der Waals surface area contributed by atoms with Gasteiger partial charge in [0.05, 0.1) is 10.5 Å². The van der Waals surface area contributed by atoms with Crippen LogP contribution in [0.25, 0.3) is 0 Å². The number of pyridine rings is 1. The van der Waals surface area contributed by atoms with Gasteiger partial charge in [0.2, 0.25) is 0 Å². The Morgan fingerprint density at radius 3 is 2.95 bits per heavy atom. The van der Waals surface area contributed by atoms with Crippen LogP contribution < -0.4 is 16.0 Å². The van der Waals surface area contributed by atoms with Crippen LogP contribution in [0.1, 0.15) is 30.1 Å². The molecule has 8 nitrogen and oxygen atoms in total. The maximum Gasteiger partial charge on any atom is 0.288 e.